The Balaban J connectivity index is 2.19. The van der Waals surface area contributed by atoms with Gasteiger partial charge in [0.25, 0.3) is 0 Å². The van der Waals surface area contributed by atoms with Gasteiger partial charge in [-0.05, 0) is 32.4 Å². The zero-order valence-electron chi connectivity index (χ0n) is 10.6. The Morgan fingerprint density at radius 1 is 1.44 bits per heavy atom. The summed E-state index contributed by atoms with van der Waals surface area (Å²) < 4.78 is 28.5. The van der Waals surface area contributed by atoms with E-state index in [4.69, 9.17) is 4.74 Å². The lowest BCUT2D eigenvalue weighted by Gasteiger charge is -2.17. The number of aryl methyl sites for hydroxylation is 1. The van der Waals surface area contributed by atoms with E-state index in [1.807, 2.05) is 19.1 Å². The summed E-state index contributed by atoms with van der Waals surface area (Å²) in [5, 5.41) is 9.71. The Hall–Kier alpha value is -1.07. The van der Waals surface area contributed by atoms with Gasteiger partial charge in [0.05, 0.1) is 17.6 Å². The van der Waals surface area contributed by atoms with Crippen LogP contribution in [-0.2, 0) is 9.84 Å². The predicted molar refractivity (Wildman–Crippen MR) is 69.5 cm³/mol. The molecule has 1 N–H and O–H groups in total. The summed E-state index contributed by atoms with van der Waals surface area (Å²) in [6, 6.07) is 5.55. The van der Waals surface area contributed by atoms with Gasteiger partial charge in [0.15, 0.2) is 9.84 Å². The minimum absolute atomic E-state index is 0.0696. The maximum absolute atomic E-state index is 11.4. The lowest BCUT2D eigenvalue weighted by molar-refractivity contribution is 0.180. The molecule has 0 saturated carbocycles. The first kappa shape index (κ1) is 13.4. The molecule has 5 heteroatoms. The van der Waals surface area contributed by atoms with Crippen LogP contribution in [0.3, 0.4) is 0 Å². The van der Waals surface area contributed by atoms with Gasteiger partial charge in [0.2, 0.25) is 0 Å². The molecule has 2 rings (SSSR count). The first-order chi connectivity index (χ1) is 8.37. The molecule has 0 spiro atoms. The predicted octanol–water partition coefficient (Wildman–Crippen LogP) is 1.61. The first-order valence-electron chi connectivity index (χ1n) is 6.03. The Bertz CT molecular complexity index is 534. The summed E-state index contributed by atoms with van der Waals surface area (Å²) in [5.74, 6) is 0.839. The Labute approximate surface area is 108 Å². The van der Waals surface area contributed by atoms with Crippen LogP contribution in [0.2, 0.25) is 0 Å². The van der Waals surface area contributed by atoms with Gasteiger partial charge in [-0.15, -0.1) is 0 Å². The molecule has 1 unspecified atom stereocenters. The molecular weight excluding hydrogens is 252 g/mol. The van der Waals surface area contributed by atoms with Gasteiger partial charge in [-0.2, -0.15) is 0 Å². The number of ether oxygens (including phenoxy) is 1. The van der Waals surface area contributed by atoms with E-state index in [0.29, 0.717) is 17.7 Å². The molecule has 1 aromatic carbocycles. The van der Waals surface area contributed by atoms with Crippen molar-refractivity contribution in [1.82, 2.24) is 0 Å². The van der Waals surface area contributed by atoms with E-state index in [1.54, 1.807) is 13.0 Å². The van der Waals surface area contributed by atoms with Crippen LogP contribution in [0.25, 0.3) is 0 Å². The SMILES string of the molecule is Cc1ccc(OC2CCS(=O)(=O)C2)c([C@H](C)O)c1. The Kier molecular flexibility index (Phi) is 3.64. The van der Waals surface area contributed by atoms with Crippen molar-refractivity contribution < 1.29 is 18.3 Å². The molecule has 18 heavy (non-hydrogen) atoms. The third-order valence-corrected chi connectivity index (χ3v) is 4.84. The highest BCUT2D eigenvalue weighted by molar-refractivity contribution is 7.91. The van der Waals surface area contributed by atoms with E-state index in [9.17, 15) is 13.5 Å². The summed E-state index contributed by atoms with van der Waals surface area (Å²) >= 11 is 0. The van der Waals surface area contributed by atoms with E-state index in [1.165, 1.54) is 0 Å². The van der Waals surface area contributed by atoms with Gasteiger partial charge in [-0.25, -0.2) is 8.42 Å². The number of rotatable bonds is 3. The number of hydrogen-bond acceptors (Lipinski definition) is 4. The summed E-state index contributed by atoms with van der Waals surface area (Å²) in [4.78, 5) is 0. The average Bonchev–Trinajstić information content (AvgIpc) is 2.60. The molecule has 1 heterocycles. The van der Waals surface area contributed by atoms with Crippen molar-refractivity contribution in [2.75, 3.05) is 11.5 Å². The second-order valence-electron chi connectivity index (χ2n) is 4.86. The Morgan fingerprint density at radius 3 is 2.72 bits per heavy atom. The van der Waals surface area contributed by atoms with E-state index < -0.39 is 15.9 Å². The fourth-order valence-corrected chi connectivity index (χ4v) is 3.72. The van der Waals surface area contributed by atoms with Crippen molar-refractivity contribution in [1.29, 1.82) is 0 Å². The van der Waals surface area contributed by atoms with Gasteiger partial charge in [-0.3, -0.25) is 0 Å². The average molecular weight is 270 g/mol. The van der Waals surface area contributed by atoms with E-state index in [0.717, 1.165) is 5.56 Å². The molecule has 0 amide bonds. The smallest absolute Gasteiger partial charge is 0.154 e. The highest BCUT2D eigenvalue weighted by Gasteiger charge is 2.30. The fourth-order valence-electron chi connectivity index (χ4n) is 2.14. The maximum Gasteiger partial charge on any atom is 0.154 e. The number of aliphatic hydroxyl groups excluding tert-OH is 1. The first-order valence-corrected chi connectivity index (χ1v) is 7.85. The van der Waals surface area contributed by atoms with Gasteiger partial charge in [0, 0.05) is 5.56 Å². The molecule has 0 aromatic heterocycles. The standard InChI is InChI=1S/C13H18O4S/c1-9-3-4-13(12(7-9)10(2)14)17-11-5-6-18(15,16)8-11/h3-4,7,10-11,14H,5-6,8H2,1-2H3/t10-,11?/m0/s1. The molecule has 1 aliphatic rings. The maximum atomic E-state index is 11.4. The van der Waals surface area contributed by atoms with E-state index >= 15 is 0 Å². The van der Waals surface area contributed by atoms with Gasteiger partial charge in [0.1, 0.15) is 11.9 Å². The van der Waals surface area contributed by atoms with Crippen LogP contribution in [0.4, 0.5) is 0 Å². The minimum Gasteiger partial charge on any atom is -0.489 e. The molecule has 0 radical (unpaired) electrons. The molecule has 1 aliphatic heterocycles. The third-order valence-electron chi connectivity index (χ3n) is 3.10. The molecule has 0 aliphatic carbocycles. The molecule has 1 aromatic rings. The van der Waals surface area contributed by atoms with Crippen molar-refractivity contribution in [3.8, 4) is 5.75 Å². The minimum atomic E-state index is -2.94. The van der Waals surface area contributed by atoms with Crippen LogP contribution < -0.4 is 4.74 Å². The molecule has 1 saturated heterocycles. The number of hydrogen-bond donors (Lipinski definition) is 1. The summed E-state index contributed by atoms with van der Waals surface area (Å²) in [6.07, 6.45) is -0.400. The van der Waals surface area contributed by atoms with Crippen molar-refractivity contribution in [3.05, 3.63) is 29.3 Å². The molecule has 0 bridgehead atoms. The number of benzene rings is 1. The normalized spacial score (nSPS) is 23.8. The number of aliphatic hydroxyl groups is 1. The van der Waals surface area contributed by atoms with Crippen LogP contribution in [0.15, 0.2) is 18.2 Å². The van der Waals surface area contributed by atoms with Crippen molar-refractivity contribution in [3.63, 3.8) is 0 Å². The summed E-state index contributed by atoms with van der Waals surface area (Å²) in [5.41, 5.74) is 1.75. The van der Waals surface area contributed by atoms with Gasteiger partial charge < -0.3 is 9.84 Å². The molecule has 1 fully saturated rings. The highest BCUT2D eigenvalue weighted by Crippen LogP contribution is 2.29. The van der Waals surface area contributed by atoms with Crippen LogP contribution in [-0.4, -0.2) is 31.1 Å². The second-order valence-corrected chi connectivity index (χ2v) is 7.09. The largest absolute Gasteiger partial charge is 0.489 e. The van der Waals surface area contributed by atoms with Gasteiger partial charge >= 0.3 is 0 Å². The van der Waals surface area contributed by atoms with E-state index in [2.05, 4.69) is 0 Å². The topological polar surface area (TPSA) is 63.6 Å². The number of sulfone groups is 1. The zero-order chi connectivity index (χ0) is 13.3. The molecule has 2 atom stereocenters. The lowest BCUT2D eigenvalue weighted by Crippen LogP contribution is -2.18. The molecule has 100 valence electrons. The van der Waals surface area contributed by atoms with Crippen LogP contribution in [0.1, 0.15) is 30.6 Å². The van der Waals surface area contributed by atoms with E-state index in [-0.39, 0.29) is 17.6 Å². The Morgan fingerprint density at radius 2 is 2.17 bits per heavy atom. The van der Waals surface area contributed by atoms with Crippen LogP contribution in [0.5, 0.6) is 5.75 Å². The van der Waals surface area contributed by atoms with Crippen molar-refractivity contribution in [2.45, 2.75) is 32.5 Å². The van der Waals surface area contributed by atoms with Crippen LogP contribution >= 0.6 is 0 Å². The molecular formula is C13H18O4S. The van der Waals surface area contributed by atoms with Gasteiger partial charge in [-0.1, -0.05) is 11.6 Å². The zero-order valence-corrected chi connectivity index (χ0v) is 11.4. The van der Waals surface area contributed by atoms with Crippen LogP contribution in [0, 0.1) is 6.92 Å². The lowest BCUT2D eigenvalue weighted by atomic mass is 10.1. The molecule has 4 nitrogen and oxygen atoms in total. The van der Waals surface area contributed by atoms with Crippen molar-refractivity contribution in [2.24, 2.45) is 0 Å². The highest BCUT2D eigenvalue weighted by atomic mass is 32.2. The second kappa shape index (κ2) is 4.90. The fraction of sp³-hybridized carbons (Fsp3) is 0.538. The quantitative estimate of drug-likeness (QED) is 0.906. The summed E-state index contributed by atoms with van der Waals surface area (Å²) in [6.45, 7) is 3.61. The third kappa shape index (κ3) is 3.03. The monoisotopic (exact) mass is 270 g/mol. The van der Waals surface area contributed by atoms with Crippen molar-refractivity contribution >= 4 is 9.84 Å². The summed E-state index contributed by atoms with van der Waals surface area (Å²) in [7, 11) is -2.94.